The minimum atomic E-state index is 0.147. The van der Waals surface area contributed by atoms with Crippen LogP contribution in [0, 0.1) is 0 Å². The van der Waals surface area contributed by atoms with Crippen LogP contribution in [0.3, 0.4) is 0 Å². The number of carbonyl (C=O) groups is 1. The van der Waals surface area contributed by atoms with Crippen LogP contribution in [0.5, 0.6) is 5.75 Å². The highest BCUT2D eigenvalue weighted by Gasteiger charge is 2.30. The summed E-state index contributed by atoms with van der Waals surface area (Å²) < 4.78 is 5.66. The zero-order valence-electron chi connectivity index (χ0n) is 13.6. The molecular formula is C18H21N3O2S. The first-order valence-electron chi connectivity index (χ1n) is 8.48. The Kier molecular flexibility index (Phi) is 4.49. The number of likely N-dealkylation sites (tertiary alicyclic amines) is 1. The fourth-order valence-electron chi connectivity index (χ4n) is 3.55. The van der Waals surface area contributed by atoms with Crippen molar-refractivity contribution in [3.63, 3.8) is 0 Å². The Morgan fingerprint density at radius 3 is 3.08 bits per heavy atom. The van der Waals surface area contributed by atoms with Crippen molar-refractivity contribution in [1.29, 1.82) is 0 Å². The number of piperidine rings is 1. The molecule has 1 atom stereocenters. The number of carbonyl (C=O) groups excluding carboxylic acids is 1. The molecule has 126 valence electrons. The lowest BCUT2D eigenvalue weighted by molar-refractivity contribution is -0.121. The molecule has 0 bridgehead atoms. The van der Waals surface area contributed by atoms with Gasteiger partial charge < -0.3 is 9.64 Å². The quantitative estimate of drug-likeness (QED) is 0.859. The van der Waals surface area contributed by atoms with E-state index in [1.165, 1.54) is 6.42 Å². The average Bonchev–Trinajstić information content (AvgIpc) is 3.16. The molecule has 1 fully saturated rings. The Labute approximate surface area is 145 Å². The molecule has 0 aliphatic carbocycles. The summed E-state index contributed by atoms with van der Waals surface area (Å²) in [6.07, 6.45) is 5.29. The van der Waals surface area contributed by atoms with E-state index in [-0.39, 0.29) is 11.9 Å². The second-order valence-electron chi connectivity index (χ2n) is 6.21. The first kappa shape index (κ1) is 15.6. The number of ether oxygens (including phenoxy) is 1. The van der Waals surface area contributed by atoms with Gasteiger partial charge in [0.1, 0.15) is 17.4 Å². The minimum Gasteiger partial charge on any atom is -0.490 e. The zero-order chi connectivity index (χ0) is 16.4. The van der Waals surface area contributed by atoms with E-state index in [4.69, 9.17) is 4.74 Å². The highest BCUT2D eigenvalue weighted by atomic mass is 32.1. The van der Waals surface area contributed by atoms with Gasteiger partial charge in [-0.05, 0) is 31.5 Å². The Morgan fingerprint density at radius 1 is 1.29 bits per heavy atom. The van der Waals surface area contributed by atoms with Gasteiger partial charge >= 0.3 is 0 Å². The molecule has 2 aliphatic heterocycles. The predicted molar refractivity (Wildman–Crippen MR) is 94.6 cm³/mol. The largest absolute Gasteiger partial charge is 0.490 e. The molecule has 0 spiro atoms. The van der Waals surface area contributed by atoms with Crippen LogP contribution in [0.4, 0.5) is 5.69 Å². The number of aromatic nitrogens is 1. The van der Waals surface area contributed by atoms with E-state index in [0.29, 0.717) is 19.7 Å². The monoisotopic (exact) mass is 343 g/mol. The van der Waals surface area contributed by atoms with Crippen LogP contribution in [0.15, 0.2) is 35.8 Å². The lowest BCUT2D eigenvalue weighted by Gasteiger charge is -2.36. The number of hydrogen-bond donors (Lipinski definition) is 0. The molecule has 6 heteroatoms. The van der Waals surface area contributed by atoms with Gasteiger partial charge in [0.05, 0.1) is 24.8 Å². The zero-order valence-corrected chi connectivity index (χ0v) is 14.4. The molecule has 4 rings (SSSR count). The van der Waals surface area contributed by atoms with Gasteiger partial charge in [0.25, 0.3) is 0 Å². The van der Waals surface area contributed by atoms with E-state index < -0.39 is 0 Å². The molecule has 5 nitrogen and oxygen atoms in total. The maximum atomic E-state index is 13.0. The van der Waals surface area contributed by atoms with Crippen LogP contribution in [-0.2, 0) is 4.79 Å². The molecule has 3 heterocycles. The first-order valence-corrected chi connectivity index (χ1v) is 9.36. The standard InChI is InChI=1S/C18H21N3O2S/c22-17(21-10-11-23-16-7-2-1-5-14(16)21)13-20-9-4-3-6-15(20)18-19-8-12-24-18/h1-2,5,7-8,12,15H,3-4,6,9-11,13H2. The number of thiazole rings is 1. The number of amides is 1. The second-order valence-corrected chi connectivity index (χ2v) is 7.14. The van der Waals surface area contributed by atoms with Gasteiger partial charge in [0, 0.05) is 11.6 Å². The van der Waals surface area contributed by atoms with Crippen molar-refractivity contribution in [3.8, 4) is 5.75 Å². The Morgan fingerprint density at radius 2 is 2.21 bits per heavy atom. The Bertz CT molecular complexity index is 704. The number of hydrogen-bond acceptors (Lipinski definition) is 5. The van der Waals surface area contributed by atoms with Crippen LogP contribution < -0.4 is 9.64 Å². The third kappa shape index (κ3) is 3.03. The van der Waals surface area contributed by atoms with E-state index in [2.05, 4.69) is 9.88 Å². The van der Waals surface area contributed by atoms with Gasteiger partial charge in [0.15, 0.2) is 0 Å². The highest BCUT2D eigenvalue weighted by molar-refractivity contribution is 7.09. The number of fused-ring (bicyclic) bond motifs is 1. The van der Waals surface area contributed by atoms with E-state index >= 15 is 0 Å². The summed E-state index contributed by atoms with van der Waals surface area (Å²) in [5.74, 6) is 0.946. The number of nitrogens with zero attached hydrogens (tertiary/aromatic N) is 3. The molecule has 1 amide bonds. The molecule has 1 saturated heterocycles. The fourth-order valence-corrected chi connectivity index (χ4v) is 4.35. The van der Waals surface area contributed by atoms with Crippen molar-refractivity contribution in [2.75, 3.05) is 31.1 Å². The van der Waals surface area contributed by atoms with Gasteiger partial charge in [0.2, 0.25) is 5.91 Å². The average molecular weight is 343 g/mol. The van der Waals surface area contributed by atoms with Gasteiger partial charge in [-0.15, -0.1) is 11.3 Å². The molecule has 0 radical (unpaired) electrons. The number of anilines is 1. The topological polar surface area (TPSA) is 45.7 Å². The molecule has 1 aromatic carbocycles. The van der Waals surface area contributed by atoms with Crippen LogP contribution in [-0.4, -0.2) is 42.0 Å². The summed E-state index contributed by atoms with van der Waals surface area (Å²) in [6.45, 7) is 2.57. The maximum Gasteiger partial charge on any atom is 0.241 e. The molecule has 24 heavy (non-hydrogen) atoms. The van der Waals surface area contributed by atoms with E-state index in [1.807, 2.05) is 40.7 Å². The SMILES string of the molecule is O=C(CN1CCCCC1c1nccs1)N1CCOc2ccccc21. The van der Waals surface area contributed by atoms with Crippen molar-refractivity contribution in [1.82, 2.24) is 9.88 Å². The van der Waals surface area contributed by atoms with Crippen molar-refractivity contribution in [2.45, 2.75) is 25.3 Å². The van der Waals surface area contributed by atoms with Crippen molar-refractivity contribution >= 4 is 22.9 Å². The first-order chi connectivity index (χ1) is 11.8. The number of para-hydroxylation sites is 2. The lowest BCUT2D eigenvalue weighted by Crippen LogP contribution is -2.46. The number of benzene rings is 1. The Hall–Kier alpha value is -1.92. The Balaban J connectivity index is 1.51. The smallest absolute Gasteiger partial charge is 0.241 e. The van der Waals surface area contributed by atoms with Crippen LogP contribution in [0.2, 0.25) is 0 Å². The van der Waals surface area contributed by atoms with Crippen LogP contribution >= 0.6 is 11.3 Å². The minimum absolute atomic E-state index is 0.147. The molecule has 2 aromatic rings. The maximum absolute atomic E-state index is 13.0. The summed E-state index contributed by atoms with van der Waals surface area (Å²) >= 11 is 1.69. The normalized spacial score (nSPS) is 21.2. The molecule has 2 aliphatic rings. The van der Waals surface area contributed by atoms with Crippen LogP contribution in [0.1, 0.15) is 30.3 Å². The third-order valence-corrected chi connectivity index (χ3v) is 5.59. The number of rotatable bonds is 3. The molecule has 0 saturated carbocycles. The predicted octanol–water partition coefficient (Wildman–Crippen LogP) is 3.10. The van der Waals surface area contributed by atoms with Gasteiger partial charge in [-0.2, -0.15) is 0 Å². The molecule has 1 unspecified atom stereocenters. The molecule has 0 N–H and O–H groups in total. The summed E-state index contributed by atoms with van der Waals surface area (Å²) in [6, 6.07) is 8.05. The van der Waals surface area contributed by atoms with Gasteiger partial charge in [-0.3, -0.25) is 9.69 Å². The third-order valence-electron chi connectivity index (χ3n) is 4.72. The van der Waals surface area contributed by atoms with Crippen molar-refractivity contribution in [3.05, 3.63) is 40.8 Å². The van der Waals surface area contributed by atoms with Crippen molar-refractivity contribution < 1.29 is 9.53 Å². The lowest BCUT2D eigenvalue weighted by atomic mass is 10.0. The van der Waals surface area contributed by atoms with Crippen molar-refractivity contribution in [2.24, 2.45) is 0 Å². The summed E-state index contributed by atoms with van der Waals surface area (Å²) in [5.41, 5.74) is 0.886. The molecule has 1 aromatic heterocycles. The fraction of sp³-hybridized carbons (Fsp3) is 0.444. The van der Waals surface area contributed by atoms with E-state index in [1.54, 1.807) is 11.3 Å². The highest BCUT2D eigenvalue weighted by Crippen LogP contribution is 2.34. The summed E-state index contributed by atoms with van der Waals surface area (Å²) in [4.78, 5) is 21.6. The summed E-state index contributed by atoms with van der Waals surface area (Å²) in [5, 5.41) is 3.15. The van der Waals surface area contributed by atoms with E-state index in [9.17, 15) is 4.79 Å². The van der Waals surface area contributed by atoms with Gasteiger partial charge in [-0.1, -0.05) is 18.6 Å². The van der Waals surface area contributed by atoms with Crippen LogP contribution in [0.25, 0.3) is 0 Å². The second kappa shape index (κ2) is 6.91. The van der Waals surface area contributed by atoms with Gasteiger partial charge in [-0.25, -0.2) is 4.98 Å². The van der Waals surface area contributed by atoms with E-state index in [0.717, 1.165) is 35.8 Å². The molecular weight excluding hydrogens is 322 g/mol. The summed E-state index contributed by atoms with van der Waals surface area (Å²) in [7, 11) is 0.